The molecule has 1 heterocycles. The summed E-state index contributed by atoms with van der Waals surface area (Å²) >= 11 is 1.44. The first kappa shape index (κ1) is 18.7. The first-order valence-electron chi connectivity index (χ1n) is 8.28. The van der Waals surface area contributed by atoms with Gasteiger partial charge < -0.3 is 10.1 Å². The van der Waals surface area contributed by atoms with E-state index in [1.54, 1.807) is 31.4 Å². The molecule has 3 rings (SSSR count). The zero-order valence-electron chi connectivity index (χ0n) is 15.3. The average Bonchev–Trinajstić information content (AvgIpc) is 3.23. The molecule has 2 aromatic carbocycles. The number of carbonyl (C=O) groups is 1. The zero-order chi connectivity index (χ0) is 19.2. The van der Waals surface area contributed by atoms with Crippen LogP contribution >= 0.6 is 11.8 Å². The van der Waals surface area contributed by atoms with Crippen LogP contribution in [0, 0.1) is 6.92 Å². The maximum absolute atomic E-state index is 13.2. The Balaban J connectivity index is 2.03. The van der Waals surface area contributed by atoms with Gasteiger partial charge in [-0.05, 0) is 49.6 Å². The van der Waals surface area contributed by atoms with Crippen molar-refractivity contribution >= 4 is 28.9 Å². The number of nitrogens with zero attached hydrogens (tertiary/aromatic N) is 3. The molecule has 1 N–H and O–H groups in total. The first-order valence-corrected chi connectivity index (χ1v) is 9.50. The Kier molecular flexibility index (Phi) is 5.93. The first-order chi connectivity index (χ1) is 13.1. The van der Waals surface area contributed by atoms with Crippen LogP contribution in [-0.4, -0.2) is 33.9 Å². The molecule has 27 heavy (non-hydrogen) atoms. The number of Topliss-reactive ketones (excluding diaryl/α,β-unsaturated/α-hetero) is 1. The van der Waals surface area contributed by atoms with Crippen LogP contribution in [0.4, 0.5) is 5.69 Å². The van der Waals surface area contributed by atoms with Gasteiger partial charge in [-0.2, -0.15) is 5.10 Å². The molecule has 0 saturated heterocycles. The van der Waals surface area contributed by atoms with Crippen LogP contribution < -0.4 is 10.1 Å². The molecule has 0 amide bonds. The molecule has 0 atom stereocenters. The van der Waals surface area contributed by atoms with E-state index in [4.69, 9.17) is 4.74 Å². The SMILES string of the molecule is COc1ccc(C(=O)/C(=C(/Nc2ccc(C)cc2)SC)n2cncn2)cc1. The third-order valence-electron chi connectivity index (χ3n) is 3.94. The number of allylic oxidation sites excluding steroid dienone is 1. The number of nitrogens with one attached hydrogen (secondary N) is 1. The van der Waals surface area contributed by atoms with Crippen molar-refractivity contribution in [2.75, 3.05) is 18.7 Å². The monoisotopic (exact) mass is 380 g/mol. The third-order valence-corrected chi connectivity index (χ3v) is 4.65. The van der Waals surface area contributed by atoms with E-state index in [-0.39, 0.29) is 5.78 Å². The minimum atomic E-state index is -0.160. The molecule has 0 spiro atoms. The van der Waals surface area contributed by atoms with Gasteiger partial charge in [0.15, 0.2) is 0 Å². The Hall–Kier alpha value is -3.06. The Morgan fingerprint density at radius 3 is 2.37 bits per heavy atom. The second-order valence-corrected chi connectivity index (χ2v) is 6.59. The number of aromatic nitrogens is 3. The van der Waals surface area contributed by atoms with Crippen molar-refractivity contribution in [3.8, 4) is 5.75 Å². The van der Waals surface area contributed by atoms with Crippen LogP contribution in [0.3, 0.4) is 0 Å². The maximum atomic E-state index is 13.2. The molecule has 0 radical (unpaired) electrons. The van der Waals surface area contributed by atoms with Crippen molar-refractivity contribution in [3.05, 3.63) is 77.3 Å². The fourth-order valence-electron chi connectivity index (χ4n) is 2.49. The number of ketones is 1. The molecule has 0 aliphatic heterocycles. The van der Waals surface area contributed by atoms with E-state index >= 15 is 0 Å². The van der Waals surface area contributed by atoms with Crippen LogP contribution in [0.2, 0.25) is 0 Å². The topological polar surface area (TPSA) is 69.0 Å². The number of rotatable bonds is 7. The molecule has 138 valence electrons. The summed E-state index contributed by atoms with van der Waals surface area (Å²) in [5.74, 6) is 0.535. The number of methoxy groups -OCH3 is 1. The molecule has 0 bridgehead atoms. The van der Waals surface area contributed by atoms with Crippen LogP contribution in [0.1, 0.15) is 15.9 Å². The number of anilines is 1. The van der Waals surface area contributed by atoms with Crippen molar-refractivity contribution < 1.29 is 9.53 Å². The molecule has 0 saturated carbocycles. The van der Waals surface area contributed by atoms with Gasteiger partial charge in [-0.15, -0.1) is 11.8 Å². The van der Waals surface area contributed by atoms with Crippen molar-refractivity contribution in [2.45, 2.75) is 6.92 Å². The highest BCUT2D eigenvalue weighted by Gasteiger charge is 2.20. The molecule has 7 heteroatoms. The fourth-order valence-corrected chi connectivity index (χ4v) is 3.09. The van der Waals surface area contributed by atoms with E-state index in [2.05, 4.69) is 15.4 Å². The maximum Gasteiger partial charge on any atom is 0.214 e. The standard InChI is InChI=1S/C20H20N4O2S/c1-14-4-8-16(9-5-14)23-20(27-3)18(24-13-21-12-22-24)19(25)15-6-10-17(26-2)11-7-15/h4-13,23H,1-3H3/b20-18+. The van der Waals surface area contributed by atoms with Crippen LogP contribution in [0.5, 0.6) is 5.75 Å². The van der Waals surface area contributed by atoms with Crippen LogP contribution in [0.15, 0.2) is 66.2 Å². The zero-order valence-corrected chi connectivity index (χ0v) is 16.2. The third kappa shape index (κ3) is 4.38. The van der Waals surface area contributed by atoms with Gasteiger partial charge in [0.2, 0.25) is 5.78 Å². The second kappa shape index (κ2) is 8.55. The summed E-state index contributed by atoms with van der Waals surface area (Å²) in [5, 5.41) is 8.18. The van der Waals surface area contributed by atoms with E-state index in [0.717, 1.165) is 5.69 Å². The molecule has 0 aliphatic rings. The lowest BCUT2D eigenvalue weighted by Crippen LogP contribution is -2.15. The van der Waals surface area contributed by atoms with E-state index in [9.17, 15) is 4.79 Å². The average molecular weight is 380 g/mol. The lowest BCUT2D eigenvalue weighted by atomic mass is 10.1. The molecular weight excluding hydrogens is 360 g/mol. The summed E-state index contributed by atoms with van der Waals surface area (Å²) < 4.78 is 6.66. The second-order valence-electron chi connectivity index (χ2n) is 5.77. The minimum absolute atomic E-state index is 0.160. The molecule has 1 aromatic heterocycles. The Morgan fingerprint density at radius 1 is 1.11 bits per heavy atom. The van der Waals surface area contributed by atoms with E-state index in [1.807, 2.05) is 37.4 Å². The Morgan fingerprint density at radius 2 is 1.81 bits per heavy atom. The van der Waals surface area contributed by atoms with E-state index < -0.39 is 0 Å². The molecule has 0 unspecified atom stereocenters. The Labute approximate surface area is 162 Å². The lowest BCUT2D eigenvalue weighted by molar-refractivity contribution is 0.104. The van der Waals surface area contributed by atoms with Crippen molar-refractivity contribution in [3.63, 3.8) is 0 Å². The predicted octanol–water partition coefficient (Wildman–Crippen LogP) is 4.08. The van der Waals surface area contributed by atoms with Crippen LogP contribution in [-0.2, 0) is 0 Å². The lowest BCUT2D eigenvalue weighted by Gasteiger charge is -2.15. The number of aryl methyl sites for hydroxylation is 1. The highest BCUT2D eigenvalue weighted by molar-refractivity contribution is 8.02. The number of ether oxygens (including phenoxy) is 1. The van der Waals surface area contributed by atoms with Crippen molar-refractivity contribution in [2.24, 2.45) is 0 Å². The number of carbonyl (C=O) groups excluding carboxylic acids is 1. The summed E-state index contributed by atoms with van der Waals surface area (Å²) in [7, 11) is 1.59. The Bertz CT molecular complexity index is 933. The molecule has 0 aliphatic carbocycles. The van der Waals surface area contributed by atoms with Gasteiger partial charge in [-0.3, -0.25) is 4.79 Å². The smallest absolute Gasteiger partial charge is 0.214 e. The van der Waals surface area contributed by atoms with Gasteiger partial charge in [0.25, 0.3) is 0 Å². The van der Waals surface area contributed by atoms with E-state index in [0.29, 0.717) is 22.0 Å². The molecular formula is C20H20N4O2S. The molecule has 0 fully saturated rings. The molecule has 3 aromatic rings. The summed E-state index contributed by atoms with van der Waals surface area (Å²) in [4.78, 5) is 17.2. The van der Waals surface area contributed by atoms with Crippen LogP contribution in [0.25, 0.3) is 5.70 Å². The highest BCUT2D eigenvalue weighted by Crippen LogP contribution is 2.26. The summed E-state index contributed by atoms with van der Waals surface area (Å²) in [6.07, 6.45) is 4.84. The van der Waals surface area contributed by atoms with Gasteiger partial charge in [0.05, 0.1) is 7.11 Å². The number of hydrogen-bond donors (Lipinski definition) is 1. The van der Waals surface area contributed by atoms with Gasteiger partial charge in [0.1, 0.15) is 29.1 Å². The van der Waals surface area contributed by atoms with E-state index in [1.165, 1.54) is 34.7 Å². The predicted molar refractivity (Wildman–Crippen MR) is 109 cm³/mol. The van der Waals surface area contributed by atoms with Crippen molar-refractivity contribution in [1.82, 2.24) is 14.8 Å². The highest BCUT2D eigenvalue weighted by atomic mass is 32.2. The van der Waals surface area contributed by atoms with Gasteiger partial charge >= 0.3 is 0 Å². The number of benzene rings is 2. The molecule has 6 nitrogen and oxygen atoms in total. The largest absolute Gasteiger partial charge is 0.497 e. The van der Waals surface area contributed by atoms with Gasteiger partial charge in [-0.25, -0.2) is 9.67 Å². The van der Waals surface area contributed by atoms with Gasteiger partial charge in [0, 0.05) is 11.3 Å². The van der Waals surface area contributed by atoms with Crippen molar-refractivity contribution in [1.29, 1.82) is 0 Å². The summed E-state index contributed by atoms with van der Waals surface area (Å²) in [6.45, 7) is 2.03. The quantitative estimate of drug-likeness (QED) is 0.492. The number of hydrogen-bond acceptors (Lipinski definition) is 6. The number of thioether (sulfide) groups is 1. The normalized spacial score (nSPS) is 11.7. The summed E-state index contributed by atoms with van der Waals surface area (Å²) in [6, 6.07) is 15.0. The fraction of sp³-hybridized carbons (Fsp3) is 0.150. The minimum Gasteiger partial charge on any atom is -0.497 e. The summed E-state index contributed by atoms with van der Waals surface area (Å²) in [5.41, 5.74) is 3.01. The van der Waals surface area contributed by atoms with Gasteiger partial charge in [-0.1, -0.05) is 17.7 Å².